The van der Waals surface area contributed by atoms with Crippen molar-refractivity contribution in [1.82, 2.24) is 0 Å². The summed E-state index contributed by atoms with van der Waals surface area (Å²) in [6, 6.07) is 0.826. The third-order valence-electron chi connectivity index (χ3n) is 1.22. The van der Waals surface area contributed by atoms with Gasteiger partial charge >= 0.3 is 7.87 Å². The van der Waals surface area contributed by atoms with Gasteiger partial charge in [0, 0.05) is 25.6 Å². The van der Waals surface area contributed by atoms with Gasteiger partial charge in [-0.3, -0.25) is 0 Å². The maximum Gasteiger partial charge on any atom is 0.442 e. The first kappa shape index (κ1) is 10.9. The van der Waals surface area contributed by atoms with Crippen molar-refractivity contribution in [2.45, 2.75) is 12.5 Å². The van der Waals surface area contributed by atoms with Crippen LogP contribution in [0.15, 0.2) is 0 Å². The molecule has 10 heavy (non-hydrogen) atoms. The van der Waals surface area contributed by atoms with Gasteiger partial charge in [0.15, 0.2) is 0 Å². The van der Waals surface area contributed by atoms with Gasteiger partial charge in [0.1, 0.15) is 0 Å². The second-order valence-electron chi connectivity index (χ2n) is 1.86. The summed E-state index contributed by atoms with van der Waals surface area (Å²) in [5.41, 5.74) is 0. The van der Waals surface area contributed by atoms with E-state index < -0.39 is 7.87 Å². The monoisotopic (exact) mass is 246 g/mol. The topological polar surface area (TPSA) is 18.5 Å². The van der Waals surface area contributed by atoms with Crippen molar-refractivity contribution < 1.29 is 8.85 Å². The summed E-state index contributed by atoms with van der Waals surface area (Å²) in [4.78, 5) is 0. The number of hydrogen-bond acceptors (Lipinski definition) is 2. The lowest BCUT2D eigenvalue weighted by Gasteiger charge is -2.18. The molecule has 0 radical (unpaired) electrons. The highest BCUT2D eigenvalue weighted by Gasteiger charge is 2.32. The maximum atomic E-state index is 5.96. The molecule has 0 aromatic rings. The summed E-state index contributed by atoms with van der Waals surface area (Å²) >= 11 is 9.27. The lowest BCUT2D eigenvalue weighted by molar-refractivity contribution is 0.265. The van der Waals surface area contributed by atoms with E-state index in [0.717, 1.165) is 17.8 Å². The van der Waals surface area contributed by atoms with E-state index in [4.69, 9.17) is 19.9 Å². The third-order valence-corrected chi connectivity index (χ3v) is 5.44. The van der Waals surface area contributed by atoms with Crippen molar-refractivity contribution in [3.05, 3.63) is 0 Å². The van der Waals surface area contributed by atoms with Crippen LogP contribution in [0.3, 0.4) is 0 Å². The van der Waals surface area contributed by atoms with Crippen molar-refractivity contribution in [3.63, 3.8) is 0 Å². The maximum absolute atomic E-state index is 5.96. The fourth-order valence-corrected chi connectivity index (χ4v) is 2.94. The quantitative estimate of drug-likeness (QED) is 0.421. The SMILES string of the molecule is CO[Si](Cl)(CCCBr)OC. The molecule has 0 rings (SSSR count). The molecule has 0 saturated carbocycles. The van der Waals surface area contributed by atoms with Crippen LogP contribution in [-0.2, 0) is 8.85 Å². The Balaban J connectivity index is 3.58. The normalized spacial score (nSPS) is 12.0. The van der Waals surface area contributed by atoms with Crippen molar-refractivity contribution >= 4 is 34.9 Å². The Morgan fingerprint density at radius 1 is 1.40 bits per heavy atom. The molecule has 0 aromatic carbocycles. The van der Waals surface area contributed by atoms with Crippen LogP contribution in [0.4, 0.5) is 0 Å². The molecule has 0 bridgehead atoms. The molecule has 2 nitrogen and oxygen atoms in total. The zero-order valence-corrected chi connectivity index (χ0v) is 9.54. The molecule has 0 aliphatic carbocycles. The molecule has 0 unspecified atom stereocenters. The number of rotatable bonds is 5. The zero-order chi connectivity index (χ0) is 8.04. The number of alkyl halides is 1. The van der Waals surface area contributed by atoms with E-state index in [2.05, 4.69) is 15.9 Å². The van der Waals surface area contributed by atoms with Crippen LogP contribution in [0.25, 0.3) is 0 Å². The lowest BCUT2D eigenvalue weighted by Crippen LogP contribution is -2.33. The van der Waals surface area contributed by atoms with E-state index in [0.29, 0.717) is 0 Å². The van der Waals surface area contributed by atoms with Crippen LogP contribution in [0.5, 0.6) is 0 Å². The lowest BCUT2D eigenvalue weighted by atomic mass is 10.6. The summed E-state index contributed by atoms with van der Waals surface area (Å²) in [5.74, 6) is 0. The average molecular weight is 248 g/mol. The van der Waals surface area contributed by atoms with Crippen LogP contribution in [0, 0.1) is 0 Å². The smallest absolute Gasteiger partial charge is 0.386 e. The Hall–Kier alpha value is 0.907. The fraction of sp³-hybridized carbons (Fsp3) is 1.00. The summed E-state index contributed by atoms with van der Waals surface area (Å²) < 4.78 is 10.1. The van der Waals surface area contributed by atoms with Gasteiger partial charge in [-0.15, -0.1) is 0 Å². The molecule has 62 valence electrons. The molecule has 0 aliphatic rings. The van der Waals surface area contributed by atoms with E-state index in [1.54, 1.807) is 14.2 Å². The predicted octanol–water partition coefficient (Wildman–Crippen LogP) is 2.24. The van der Waals surface area contributed by atoms with Crippen molar-refractivity contribution in [3.8, 4) is 0 Å². The van der Waals surface area contributed by atoms with Gasteiger partial charge in [-0.05, 0) is 6.42 Å². The first-order chi connectivity index (χ1) is 4.68. The minimum absolute atomic E-state index is 0.826. The Bertz CT molecular complexity index is 89.7. The Kier molecular flexibility index (Phi) is 6.05. The van der Waals surface area contributed by atoms with Gasteiger partial charge in [-0.25, -0.2) is 0 Å². The standard InChI is InChI=1S/C5H12BrClO2Si/c1-8-10(7,9-2)5-3-4-6/h3-5H2,1-2H3. The van der Waals surface area contributed by atoms with Crippen LogP contribution in [-0.4, -0.2) is 27.4 Å². The van der Waals surface area contributed by atoms with E-state index in [9.17, 15) is 0 Å². The predicted molar refractivity (Wildman–Crippen MR) is 48.8 cm³/mol. The Morgan fingerprint density at radius 2 is 1.90 bits per heavy atom. The van der Waals surface area contributed by atoms with Crippen LogP contribution < -0.4 is 0 Å². The summed E-state index contributed by atoms with van der Waals surface area (Å²) in [7, 11) is 0.912. The third kappa shape index (κ3) is 3.93. The molecule has 0 N–H and O–H groups in total. The van der Waals surface area contributed by atoms with Gasteiger partial charge in [0.05, 0.1) is 0 Å². The fourth-order valence-electron chi connectivity index (χ4n) is 0.565. The molecular weight excluding hydrogens is 235 g/mol. The van der Waals surface area contributed by atoms with Gasteiger partial charge in [-0.2, -0.15) is 0 Å². The highest BCUT2D eigenvalue weighted by atomic mass is 79.9. The van der Waals surface area contributed by atoms with Gasteiger partial charge in [-0.1, -0.05) is 27.0 Å². The van der Waals surface area contributed by atoms with E-state index >= 15 is 0 Å². The van der Waals surface area contributed by atoms with Crippen molar-refractivity contribution in [2.75, 3.05) is 19.5 Å². The molecule has 0 aromatic heterocycles. The van der Waals surface area contributed by atoms with E-state index in [1.807, 2.05) is 0 Å². The Morgan fingerprint density at radius 3 is 2.20 bits per heavy atom. The highest BCUT2D eigenvalue weighted by molar-refractivity contribution is 9.09. The molecule has 0 fully saturated rings. The van der Waals surface area contributed by atoms with E-state index in [1.165, 1.54) is 0 Å². The molecule has 0 saturated heterocycles. The molecular formula is C5H12BrClO2Si. The largest absolute Gasteiger partial charge is 0.442 e. The molecule has 0 atom stereocenters. The summed E-state index contributed by atoms with van der Waals surface area (Å²) in [6.07, 6.45) is 0.997. The van der Waals surface area contributed by atoms with Gasteiger partial charge in [0.25, 0.3) is 0 Å². The summed E-state index contributed by atoms with van der Waals surface area (Å²) in [6.45, 7) is 0. The minimum Gasteiger partial charge on any atom is -0.386 e. The zero-order valence-electron chi connectivity index (χ0n) is 6.19. The van der Waals surface area contributed by atoms with Gasteiger partial charge < -0.3 is 8.85 Å². The molecule has 0 aliphatic heterocycles. The highest BCUT2D eigenvalue weighted by Crippen LogP contribution is 2.18. The van der Waals surface area contributed by atoms with Gasteiger partial charge in [0.2, 0.25) is 0 Å². The van der Waals surface area contributed by atoms with Crippen LogP contribution in [0.2, 0.25) is 6.04 Å². The summed E-state index contributed by atoms with van der Waals surface area (Å²) in [5, 5.41) is 0.946. The van der Waals surface area contributed by atoms with Crippen LogP contribution >= 0.6 is 27.0 Å². The van der Waals surface area contributed by atoms with E-state index in [-0.39, 0.29) is 0 Å². The second kappa shape index (κ2) is 5.54. The molecule has 0 amide bonds. The molecule has 5 heteroatoms. The average Bonchev–Trinajstić information content (AvgIpc) is 2.00. The first-order valence-electron chi connectivity index (χ1n) is 3.03. The minimum atomic E-state index is -2.28. The Labute approximate surface area is 75.9 Å². The van der Waals surface area contributed by atoms with Crippen LogP contribution in [0.1, 0.15) is 6.42 Å². The molecule has 0 heterocycles. The number of hydrogen-bond donors (Lipinski definition) is 0. The molecule has 0 spiro atoms. The second-order valence-corrected chi connectivity index (χ2v) is 7.02. The van der Waals surface area contributed by atoms with Crippen molar-refractivity contribution in [2.24, 2.45) is 0 Å². The van der Waals surface area contributed by atoms with Crippen molar-refractivity contribution in [1.29, 1.82) is 0 Å². The number of halogens is 2. The first-order valence-corrected chi connectivity index (χ1v) is 7.19.